The molecule has 1 aliphatic heterocycles. The molecule has 0 radical (unpaired) electrons. The third-order valence-electron chi connectivity index (χ3n) is 4.74. The molecule has 2 bridgehead atoms. The minimum atomic E-state index is -0.785. The highest BCUT2D eigenvalue weighted by molar-refractivity contribution is 7.98. The van der Waals surface area contributed by atoms with Crippen molar-refractivity contribution < 1.29 is 14.4 Å². The van der Waals surface area contributed by atoms with Gasteiger partial charge in [-0.05, 0) is 36.7 Å². The van der Waals surface area contributed by atoms with Crippen molar-refractivity contribution in [3.05, 3.63) is 12.2 Å². The molecule has 108 valence electrons. The van der Waals surface area contributed by atoms with Crippen LogP contribution in [0.4, 0.5) is 0 Å². The summed E-state index contributed by atoms with van der Waals surface area (Å²) in [5, 5.41) is 0. The maximum absolute atomic E-state index is 12.6. The number of imide groups is 1. The average Bonchev–Trinajstić information content (AvgIpc) is 3.07. The molecule has 3 rings (SSSR count). The Morgan fingerprint density at radius 2 is 1.90 bits per heavy atom. The molecule has 5 unspecified atom stereocenters. The number of likely N-dealkylation sites (tertiary alicyclic amines) is 1. The number of fused-ring (bicyclic) bond motifs is 5. The molecule has 5 nitrogen and oxygen atoms in total. The first-order valence-corrected chi connectivity index (χ1v) is 8.29. The number of primary amides is 1. The minimum absolute atomic E-state index is 0.167. The van der Waals surface area contributed by atoms with Crippen molar-refractivity contribution in [2.75, 3.05) is 12.0 Å². The summed E-state index contributed by atoms with van der Waals surface area (Å²) in [4.78, 5) is 37.9. The quantitative estimate of drug-likeness (QED) is 0.588. The Labute approximate surface area is 121 Å². The lowest BCUT2D eigenvalue weighted by atomic mass is 9.85. The third-order valence-corrected chi connectivity index (χ3v) is 5.38. The largest absolute Gasteiger partial charge is 0.368 e. The van der Waals surface area contributed by atoms with Crippen molar-refractivity contribution in [1.29, 1.82) is 0 Å². The fraction of sp³-hybridized carbons (Fsp3) is 0.643. The molecule has 5 atom stereocenters. The van der Waals surface area contributed by atoms with Crippen LogP contribution in [0.3, 0.4) is 0 Å². The van der Waals surface area contributed by atoms with Crippen LogP contribution in [0.5, 0.6) is 0 Å². The van der Waals surface area contributed by atoms with Crippen LogP contribution < -0.4 is 5.73 Å². The third kappa shape index (κ3) is 1.81. The second-order valence-electron chi connectivity index (χ2n) is 5.75. The highest BCUT2D eigenvalue weighted by Crippen LogP contribution is 2.52. The molecular formula is C14H18N2O3S. The van der Waals surface area contributed by atoms with E-state index in [0.29, 0.717) is 12.2 Å². The van der Waals surface area contributed by atoms with Crippen LogP contribution in [0.25, 0.3) is 0 Å². The van der Waals surface area contributed by atoms with Gasteiger partial charge in [-0.15, -0.1) is 0 Å². The van der Waals surface area contributed by atoms with Gasteiger partial charge in [0.2, 0.25) is 17.7 Å². The highest BCUT2D eigenvalue weighted by atomic mass is 32.2. The number of carbonyl (C=O) groups excluding carboxylic acids is 3. The van der Waals surface area contributed by atoms with E-state index in [1.165, 1.54) is 4.90 Å². The van der Waals surface area contributed by atoms with E-state index in [0.717, 1.165) is 6.42 Å². The van der Waals surface area contributed by atoms with E-state index in [2.05, 4.69) is 0 Å². The number of nitrogens with two attached hydrogens (primary N) is 1. The number of allylic oxidation sites excluding steroid dienone is 2. The van der Waals surface area contributed by atoms with Crippen LogP contribution in [0.15, 0.2) is 12.2 Å². The molecule has 1 saturated carbocycles. The van der Waals surface area contributed by atoms with Gasteiger partial charge in [0.1, 0.15) is 6.04 Å². The number of carbonyl (C=O) groups is 3. The fourth-order valence-electron chi connectivity index (χ4n) is 3.86. The zero-order chi connectivity index (χ0) is 14.4. The molecule has 6 heteroatoms. The van der Waals surface area contributed by atoms with Crippen LogP contribution in [0.2, 0.25) is 0 Å². The van der Waals surface area contributed by atoms with Crippen LogP contribution in [0.1, 0.15) is 12.8 Å². The number of hydrogen-bond donors (Lipinski definition) is 1. The number of rotatable bonds is 5. The molecule has 2 fully saturated rings. The van der Waals surface area contributed by atoms with E-state index in [9.17, 15) is 14.4 Å². The average molecular weight is 294 g/mol. The molecule has 2 N–H and O–H groups in total. The van der Waals surface area contributed by atoms with Crippen molar-refractivity contribution >= 4 is 29.5 Å². The Balaban J connectivity index is 1.86. The van der Waals surface area contributed by atoms with Crippen LogP contribution in [-0.4, -0.2) is 40.7 Å². The molecule has 3 amide bonds. The Morgan fingerprint density at radius 3 is 2.35 bits per heavy atom. The molecule has 1 heterocycles. The van der Waals surface area contributed by atoms with Gasteiger partial charge in [-0.25, -0.2) is 0 Å². The Morgan fingerprint density at radius 1 is 1.35 bits per heavy atom. The number of amides is 3. The van der Waals surface area contributed by atoms with Gasteiger partial charge in [0, 0.05) is 0 Å². The number of nitrogens with zero attached hydrogens (tertiary/aromatic N) is 1. The monoisotopic (exact) mass is 294 g/mol. The minimum Gasteiger partial charge on any atom is -0.368 e. The molecule has 0 aromatic rings. The van der Waals surface area contributed by atoms with Crippen molar-refractivity contribution in [3.8, 4) is 0 Å². The lowest BCUT2D eigenvalue weighted by Gasteiger charge is -2.25. The van der Waals surface area contributed by atoms with Crippen molar-refractivity contribution in [2.45, 2.75) is 18.9 Å². The van der Waals surface area contributed by atoms with Crippen LogP contribution in [-0.2, 0) is 14.4 Å². The fourth-order valence-corrected chi connectivity index (χ4v) is 4.32. The number of hydrogen-bond acceptors (Lipinski definition) is 4. The number of thioether (sulfide) groups is 1. The summed E-state index contributed by atoms with van der Waals surface area (Å²) >= 11 is 1.57. The second-order valence-corrected chi connectivity index (χ2v) is 6.73. The summed E-state index contributed by atoms with van der Waals surface area (Å²) in [6, 6.07) is -0.785. The van der Waals surface area contributed by atoms with Crippen LogP contribution in [0, 0.1) is 23.7 Å². The standard InChI is InChI=1S/C14H18N2O3S/c1-20-5-4-9(12(15)17)16-13(18)10-7-2-3-8(6-7)11(10)14(16)19/h2-3,7-11H,4-6H2,1H3,(H2,15,17). The maximum atomic E-state index is 12.6. The summed E-state index contributed by atoms with van der Waals surface area (Å²) in [7, 11) is 0. The van der Waals surface area contributed by atoms with E-state index in [-0.39, 0.29) is 35.5 Å². The summed E-state index contributed by atoms with van der Waals surface area (Å²) in [5.74, 6) is -0.446. The van der Waals surface area contributed by atoms with E-state index in [1.807, 2.05) is 18.4 Å². The van der Waals surface area contributed by atoms with Crippen LogP contribution >= 0.6 is 11.8 Å². The van der Waals surface area contributed by atoms with E-state index < -0.39 is 11.9 Å². The lowest BCUT2D eigenvalue weighted by Crippen LogP contribution is -2.49. The molecule has 20 heavy (non-hydrogen) atoms. The zero-order valence-electron chi connectivity index (χ0n) is 11.3. The molecule has 1 saturated heterocycles. The van der Waals surface area contributed by atoms with Crippen molar-refractivity contribution in [2.24, 2.45) is 29.4 Å². The second kappa shape index (κ2) is 4.91. The van der Waals surface area contributed by atoms with Gasteiger partial charge in [0.25, 0.3) is 0 Å². The predicted octanol–water partition coefficient (Wildman–Crippen LogP) is 0.400. The predicted molar refractivity (Wildman–Crippen MR) is 75.6 cm³/mol. The van der Waals surface area contributed by atoms with E-state index >= 15 is 0 Å². The molecule has 0 aromatic heterocycles. The van der Waals surface area contributed by atoms with Gasteiger partial charge >= 0.3 is 0 Å². The molecule has 0 aromatic carbocycles. The van der Waals surface area contributed by atoms with Gasteiger partial charge in [-0.1, -0.05) is 12.2 Å². The Kier molecular flexibility index (Phi) is 3.36. The summed E-state index contributed by atoms with van der Waals surface area (Å²) in [6.45, 7) is 0. The smallest absolute Gasteiger partial charge is 0.240 e. The first kappa shape index (κ1) is 13.7. The normalized spacial score (nSPS) is 35.8. The Bertz CT molecular complexity index is 475. The molecule has 2 aliphatic carbocycles. The van der Waals surface area contributed by atoms with Gasteiger partial charge < -0.3 is 5.73 Å². The van der Waals surface area contributed by atoms with Crippen molar-refractivity contribution in [1.82, 2.24) is 4.90 Å². The summed E-state index contributed by atoms with van der Waals surface area (Å²) < 4.78 is 0. The molecular weight excluding hydrogens is 276 g/mol. The first-order valence-electron chi connectivity index (χ1n) is 6.89. The topological polar surface area (TPSA) is 80.5 Å². The molecule has 3 aliphatic rings. The first-order chi connectivity index (χ1) is 9.56. The van der Waals surface area contributed by atoms with Gasteiger partial charge in [-0.3, -0.25) is 19.3 Å². The summed E-state index contributed by atoms with van der Waals surface area (Å²) in [5.41, 5.74) is 5.41. The SMILES string of the molecule is CSCCC(C(N)=O)N1C(=O)C2C3C=CC(C3)C2C1=O. The van der Waals surface area contributed by atoms with Gasteiger partial charge in [-0.2, -0.15) is 11.8 Å². The molecule has 0 spiro atoms. The maximum Gasteiger partial charge on any atom is 0.240 e. The Hall–Kier alpha value is -1.30. The van der Waals surface area contributed by atoms with E-state index in [1.54, 1.807) is 11.8 Å². The van der Waals surface area contributed by atoms with Crippen molar-refractivity contribution in [3.63, 3.8) is 0 Å². The highest BCUT2D eigenvalue weighted by Gasteiger charge is 2.60. The zero-order valence-corrected chi connectivity index (χ0v) is 12.1. The van der Waals surface area contributed by atoms with Gasteiger partial charge in [0.15, 0.2) is 0 Å². The van der Waals surface area contributed by atoms with Gasteiger partial charge in [0.05, 0.1) is 11.8 Å². The van der Waals surface area contributed by atoms with E-state index in [4.69, 9.17) is 5.73 Å². The lowest BCUT2D eigenvalue weighted by molar-refractivity contribution is -0.147. The summed E-state index contributed by atoms with van der Waals surface area (Å²) in [6.07, 6.45) is 7.34.